The Hall–Kier alpha value is -0.490. The van der Waals surface area contributed by atoms with Crippen molar-refractivity contribution < 1.29 is 23.7 Å². The summed E-state index contributed by atoms with van der Waals surface area (Å²) >= 11 is 0. The van der Waals surface area contributed by atoms with Crippen molar-refractivity contribution in [3.05, 3.63) is 0 Å². The molecule has 0 aromatic rings. The van der Waals surface area contributed by atoms with E-state index in [1.807, 2.05) is 13.8 Å². The fourth-order valence-electron chi connectivity index (χ4n) is 5.71. The Labute approximate surface area is 170 Å². The maximum Gasteiger partial charge on any atom is 0.168 e. The molecule has 0 bridgehead atoms. The fourth-order valence-corrected chi connectivity index (χ4v) is 5.71. The minimum Gasteiger partial charge on any atom is -0.353 e. The third kappa shape index (κ3) is 3.80. The Morgan fingerprint density at radius 1 is 1.07 bits per heavy atom. The van der Waals surface area contributed by atoms with E-state index in [0.29, 0.717) is 18.8 Å². The van der Waals surface area contributed by atoms with Gasteiger partial charge in [-0.05, 0) is 37.5 Å². The smallest absolute Gasteiger partial charge is 0.168 e. The number of hydrogen-bond acceptors (Lipinski definition) is 5. The molecule has 28 heavy (non-hydrogen) atoms. The number of hydrogen-bond donors (Lipinski definition) is 0. The van der Waals surface area contributed by atoms with Gasteiger partial charge in [0.25, 0.3) is 0 Å². The Bertz CT molecular complexity index is 562. The van der Waals surface area contributed by atoms with Gasteiger partial charge in [0.15, 0.2) is 12.1 Å². The standard InChI is InChI=1S/C23H40O5/c1-8-25-17(3)28-19-13-18(24)16(2)22(21(19,6)7)9-11-23(12-10-22)26-14-20(4,5)15-27-23/h16-17,19H,8-15H2,1-7H3/t16-,17?,19-/m0/s1. The second kappa shape index (κ2) is 7.64. The van der Waals surface area contributed by atoms with Crippen LogP contribution in [0.1, 0.15) is 80.6 Å². The topological polar surface area (TPSA) is 54.0 Å². The minimum absolute atomic E-state index is 0.0298. The second-order valence-corrected chi connectivity index (χ2v) is 10.6. The van der Waals surface area contributed by atoms with Crippen LogP contribution in [0.4, 0.5) is 0 Å². The summed E-state index contributed by atoms with van der Waals surface area (Å²) in [6.45, 7) is 17.0. The summed E-state index contributed by atoms with van der Waals surface area (Å²) in [5, 5.41) is 0. The van der Waals surface area contributed by atoms with Crippen molar-refractivity contribution in [1.82, 2.24) is 0 Å². The normalized spacial score (nSPS) is 34.5. The minimum atomic E-state index is -0.466. The molecule has 0 amide bonds. The predicted molar refractivity (Wildman–Crippen MR) is 108 cm³/mol. The third-order valence-electron chi connectivity index (χ3n) is 7.90. The van der Waals surface area contributed by atoms with Crippen LogP contribution in [0.2, 0.25) is 0 Å². The highest BCUT2D eigenvalue weighted by atomic mass is 16.7. The lowest BCUT2D eigenvalue weighted by atomic mass is 9.47. The van der Waals surface area contributed by atoms with Gasteiger partial charge in [-0.15, -0.1) is 0 Å². The number of carbonyl (C=O) groups excluding carboxylic acids is 1. The van der Waals surface area contributed by atoms with Crippen LogP contribution >= 0.6 is 0 Å². The quantitative estimate of drug-likeness (QED) is 0.644. The van der Waals surface area contributed by atoms with E-state index in [-0.39, 0.29) is 34.6 Å². The molecule has 1 saturated heterocycles. The van der Waals surface area contributed by atoms with Crippen LogP contribution in [0.15, 0.2) is 0 Å². The number of ether oxygens (including phenoxy) is 4. The fraction of sp³-hybridized carbons (Fsp3) is 0.957. The molecule has 0 aromatic carbocycles. The van der Waals surface area contributed by atoms with Gasteiger partial charge in [0, 0.05) is 37.2 Å². The van der Waals surface area contributed by atoms with Gasteiger partial charge in [-0.25, -0.2) is 0 Å². The Morgan fingerprint density at radius 2 is 1.64 bits per heavy atom. The Morgan fingerprint density at radius 3 is 2.18 bits per heavy atom. The molecule has 0 radical (unpaired) electrons. The van der Waals surface area contributed by atoms with Crippen molar-refractivity contribution in [2.75, 3.05) is 19.8 Å². The largest absolute Gasteiger partial charge is 0.353 e. The van der Waals surface area contributed by atoms with Crippen LogP contribution in [-0.4, -0.2) is 43.8 Å². The van der Waals surface area contributed by atoms with Crippen LogP contribution in [0.3, 0.4) is 0 Å². The molecule has 1 aliphatic heterocycles. The molecular formula is C23H40O5. The van der Waals surface area contributed by atoms with Crippen molar-refractivity contribution in [3.8, 4) is 0 Å². The van der Waals surface area contributed by atoms with Gasteiger partial charge in [-0.3, -0.25) is 4.79 Å². The maximum atomic E-state index is 13.0. The number of carbonyl (C=O) groups is 1. The molecule has 0 N–H and O–H groups in total. The SMILES string of the molecule is CCOC(C)O[C@H]1CC(=O)[C@H](C)C2(CCC3(CC2)OCC(C)(C)CO3)C1(C)C. The lowest BCUT2D eigenvalue weighted by Gasteiger charge is -2.61. The summed E-state index contributed by atoms with van der Waals surface area (Å²) in [6, 6.07) is 0. The molecule has 3 fully saturated rings. The molecule has 5 heteroatoms. The molecule has 2 aliphatic carbocycles. The maximum absolute atomic E-state index is 13.0. The van der Waals surface area contributed by atoms with Crippen LogP contribution in [0.25, 0.3) is 0 Å². The van der Waals surface area contributed by atoms with Crippen molar-refractivity contribution in [2.24, 2.45) is 22.2 Å². The first-order valence-corrected chi connectivity index (χ1v) is 11.0. The van der Waals surface area contributed by atoms with Gasteiger partial charge < -0.3 is 18.9 Å². The van der Waals surface area contributed by atoms with Crippen molar-refractivity contribution in [2.45, 2.75) is 98.8 Å². The average molecular weight is 397 g/mol. The molecule has 162 valence electrons. The van der Waals surface area contributed by atoms with Crippen LogP contribution in [0.5, 0.6) is 0 Å². The highest BCUT2D eigenvalue weighted by Crippen LogP contribution is 2.62. The molecule has 1 heterocycles. The first-order valence-electron chi connectivity index (χ1n) is 11.0. The highest BCUT2D eigenvalue weighted by Gasteiger charge is 2.62. The Kier molecular flexibility index (Phi) is 6.06. The summed E-state index contributed by atoms with van der Waals surface area (Å²) < 4.78 is 24.4. The van der Waals surface area contributed by atoms with E-state index in [0.717, 1.165) is 38.9 Å². The summed E-state index contributed by atoms with van der Waals surface area (Å²) in [5.41, 5.74) is -0.146. The third-order valence-corrected chi connectivity index (χ3v) is 7.90. The molecule has 3 rings (SSSR count). The van der Waals surface area contributed by atoms with E-state index in [4.69, 9.17) is 18.9 Å². The van der Waals surface area contributed by atoms with E-state index in [1.54, 1.807) is 0 Å². The van der Waals surface area contributed by atoms with Crippen molar-refractivity contribution in [1.29, 1.82) is 0 Å². The molecule has 2 saturated carbocycles. The van der Waals surface area contributed by atoms with Gasteiger partial charge in [0.2, 0.25) is 0 Å². The molecule has 5 nitrogen and oxygen atoms in total. The number of ketones is 1. The monoisotopic (exact) mass is 396 g/mol. The summed E-state index contributed by atoms with van der Waals surface area (Å²) in [4.78, 5) is 13.0. The van der Waals surface area contributed by atoms with Crippen molar-refractivity contribution >= 4 is 5.78 Å². The molecule has 3 atom stereocenters. The lowest BCUT2D eigenvalue weighted by molar-refractivity contribution is -0.326. The number of Topliss-reactive ketones (excluding diaryl/α,β-unsaturated/α-hetero) is 1. The van der Waals surface area contributed by atoms with Gasteiger partial charge in [-0.2, -0.15) is 0 Å². The Balaban J connectivity index is 1.78. The summed E-state index contributed by atoms with van der Waals surface area (Å²) in [5.74, 6) is -0.121. The zero-order valence-electron chi connectivity index (χ0n) is 18.9. The van der Waals surface area contributed by atoms with E-state index in [1.165, 1.54) is 0 Å². The number of rotatable bonds is 4. The van der Waals surface area contributed by atoms with Gasteiger partial charge >= 0.3 is 0 Å². The highest BCUT2D eigenvalue weighted by molar-refractivity contribution is 5.83. The van der Waals surface area contributed by atoms with Crippen LogP contribution in [-0.2, 0) is 23.7 Å². The van der Waals surface area contributed by atoms with E-state index < -0.39 is 5.79 Å². The van der Waals surface area contributed by atoms with Gasteiger partial charge in [0.1, 0.15) is 5.78 Å². The zero-order chi connectivity index (χ0) is 20.8. The van der Waals surface area contributed by atoms with E-state index in [9.17, 15) is 4.79 Å². The lowest BCUT2D eigenvalue weighted by Crippen LogP contribution is -2.61. The second-order valence-electron chi connectivity index (χ2n) is 10.6. The van der Waals surface area contributed by atoms with Crippen LogP contribution in [0, 0.1) is 22.2 Å². The zero-order valence-corrected chi connectivity index (χ0v) is 18.9. The summed E-state index contributed by atoms with van der Waals surface area (Å²) in [6.07, 6.45) is 3.59. The summed E-state index contributed by atoms with van der Waals surface area (Å²) in [7, 11) is 0. The molecule has 1 unspecified atom stereocenters. The van der Waals surface area contributed by atoms with Gasteiger partial charge in [0.05, 0.1) is 19.3 Å². The molecule has 2 spiro atoms. The average Bonchev–Trinajstić information content (AvgIpc) is 2.63. The molecule has 0 aromatic heterocycles. The van der Waals surface area contributed by atoms with Crippen LogP contribution < -0.4 is 0 Å². The van der Waals surface area contributed by atoms with E-state index in [2.05, 4.69) is 34.6 Å². The van der Waals surface area contributed by atoms with Gasteiger partial charge in [-0.1, -0.05) is 34.6 Å². The van der Waals surface area contributed by atoms with E-state index >= 15 is 0 Å². The first kappa shape index (κ1) is 22.2. The first-order chi connectivity index (χ1) is 13.0. The van der Waals surface area contributed by atoms with Crippen molar-refractivity contribution in [3.63, 3.8) is 0 Å². The predicted octanol–water partition coefficient (Wildman–Crippen LogP) is 4.72. The molecule has 3 aliphatic rings. The molecular weight excluding hydrogens is 356 g/mol.